The number of benzene rings is 1. The number of imidazole rings is 1. The van der Waals surface area contributed by atoms with Gasteiger partial charge in [0.15, 0.2) is 11.0 Å². The van der Waals surface area contributed by atoms with Crippen LogP contribution in [0.2, 0.25) is 0 Å². The fourth-order valence-electron chi connectivity index (χ4n) is 2.35. The minimum atomic E-state index is 1.00. The molecule has 80 valence electrons. The zero-order valence-corrected chi connectivity index (χ0v) is 9.64. The number of rotatable bonds is 1. The normalized spacial score (nSPS) is 11.4. The smallest absolute Gasteiger partial charge is 0.223 e. The summed E-state index contributed by atoms with van der Waals surface area (Å²) in [7, 11) is 0. The molecule has 0 amide bonds. The maximum Gasteiger partial charge on any atom is 0.287 e. The first kappa shape index (κ1) is 9.40. The first-order valence-electron chi connectivity index (χ1n) is 5.70. The van der Waals surface area contributed by atoms with E-state index in [1.165, 1.54) is 22.2 Å². The molecule has 0 unspecified atom stereocenters. The maximum absolute atomic E-state index is 2.35. The van der Waals surface area contributed by atoms with Crippen LogP contribution in [0.5, 0.6) is 0 Å². The molecule has 3 aromatic rings. The average Bonchev–Trinajstić information content (AvgIpc) is 2.61. The molecule has 0 N–H and O–H groups in total. The summed E-state index contributed by atoms with van der Waals surface area (Å²) < 4.78 is 4.61. The van der Waals surface area contributed by atoms with Gasteiger partial charge in [0.2, 0.25) is 0 Å². The first-order valence-corrected chi connectivity index (χ1v) is 5.70. The second-order valence-corrected chi connectivity index (χ2v) is 4.17. The standard InChI is InChI=1S/C14H15N2/c1-3-15-12-6-4-5-7-13(12)16-9-8-11(2)10-14(15)16/h4-10H,3H2,1-2H3/q+1. The molecule has 2 heteroatoms. The average molecular weight is 211 g/mol. The van der Waals surface area contributed by atoms with Gasteiger partial charge < -0.3 is 0 Å². The van der Waals surface area contributed by atoms with Crippen LogP contribution < -0.4 is 4.57 Å². The monoisotopic (exact) mass is 211 g/mol. The number of aromatic nitrogens is 2. The Balaban J connectivity index is 2.58. The molecule has 0 aliphatic carbocycles. The van der Waals surface area contributed by atoms with Crippen molar-refractivity contribution in [2.24, 2.45) is 0 Å². The van der Waals surface area contributed by atoms with Gasteiger partial charge in [-0.2, -0.15) is 4.40 Å². The van der Waals surface area contributed by atoms with Crippen LogP contribution in [0.1, 0.15) is 12.5 Å². The van der Waals surface area contributed by atoms with E-state index in [4.69, 9.17) is 0 Å². The number of fused-ring (bicyclic) bond motifs is 3. The summed E-state index contributed by atoms with van der Waals surface area (Å²) in [4.78, 5) is 0. The molecule has 0 bridgehead atoms. The Morgan fingerprint density at radius 3 is 2.81 bits per heavy atom. The zero-order chi connectivity index (χ0) is 11.1. The van der Waals surface area contributed by atoms with Gasteiger partial charge in [-0.3, -0.25) is 0 Å². The third kappa shape index (κ3) is 1.16. The van der Waals surface area contributed by atoms with E-state index in [1.54, 1.807) is 0 Å². The molecule has 0 aliphatic rings. The highest BCUT2D eigenvalue weighted by Crippen LogP contribution is 2.15. The minimum Gasteiger partial charge on any atom is -0.223 e. The Kier molecular flexibility index (Phi) is 1.96. The predicted molar refractivity (Wildman–Crippen MR) is 65.5 cm³/mol. The van der Waals surface area contributed by atoms with Crippen molar-refractivity contribution in [3.63, 3.8) is 0 Å². The van der Waals surface area contributed by atoms with Crippen molar-refractivity contribution < 1.29 is 4.57 Å². The lowest BCUT2D eigenvalue weighted by Gasteiger charge is -1.93. The summed E-state index contributed by atoms with van der Waals surface area (Å²) in [6.45, 7) is 5.33. The second kappa shape index (κ2) is 3.34. The Morgan fingerprint density at radius 2 is 2.00 bits per heavy atom. The number of hydrogen-bond donors (Lipinski definition) is 0. The summed E-state index contributed by atoms with van der Waals surface area (Å²) >= 11 is 0. The summed E-state index contributed by atoms with van der Waals surface area (Å²) in [5, 5.41) is 0. The number of aryl methyl sites for hydroxylation is 2. The topological polar surface area (TPSA) is 8.29 Å². The molecule has 0 spiro atoms. The number of pyridine rings is 1. The number of hydrogen-bond acceptors (Lipinski definition) is 0. The van der Waals surface area contributed by atoms with Crippen molar-refractivity contribution in [1.82, 2.24) is 4.40 Å². The van der Waals surface area contributed by atoms with Gasteiger partial charge in [0.05, 0.1) is 12.7 Å². The summed E-state index contributed by atoms with van der Waals surface area (Å²) in [5.74, 6) is 0. The lowest BCUT2D eigenvalue weighted by atomic mass is 10.3. The van der Waals surface area contributed by atoms with Crippen molar-refractivity contribution in [3.05, 3.63) is 48.2 Å². The summed E-state index contributed by atoms with van der Waals surface area (Å²) in [6.07, 6.45) is 2.15. The van der Waals surface area contributed by atoms with Crippen molar-refractivity contribution in [2.75, 3.05) is 0 Å². The Bertz CT molecular complexity index is 665. The number of nitrogens with zero attached hydrogens (tertiary/aromatic N) is 2. The van der Waals surface area contributed by atoms with E-state index in [2.05, 4.69) is 65.4 Å². The minimum absolute atomic E-state index is 1.00. The molecule has 0 aliphatic heterocycles. The largest absolute Gasteiger partial charge is 0.287 e. The molecule has 0 radical (unpaired) electrons. The maximum atomic E-state index is 2.35. The van der Waals surface area contributed by atoms with Gasteiger partial charge in [-0.1, -0.05) is 12.1 Å². The van der Waals surface area contributed by atoms with E-state index >= 15 is 0 Å². The lowest BCUT2D eigenvalue weighted by Crippen LogP contribution is -2.31. The molecule has 3 rings (SSSR count). The first-order chi connectivity index (χ1) is 7.81. The number of para-hydroxylation sites is 2. The van der Waals surface area contributed by atoms with E-state index < -0.39 is 0 Å². The SMILES string of the molecule is CC[n+]1c2ccccc2n2ccc(C)cc21. The summed E-state index contributed by atoms with van der Waals surface area (Å²) in [6, 6.07) is 12.9. The molecule has 0 fully saturated rings. The van der Waals surface area contributed by atoms with Crippen LogP contribution >= 0.6 is 0 Å². The van der Waals surface area contributed by atoms with Crippen LogP contribution in [0.25, 0.3) is 16.7 Å². The van der Waals surface area contributed by atoms with Gasteiger partial charge in [-0.05, 0) is 37.6 Å². The molecular formula is C14H15N2+. The molecule has 0 saturated carbocycles. The van der Waals surface area contributed by atoms with Crippen molar-refractivity contribution in [3.8, 4) is 0 Å². The quantitative estimate of drug-likeness (QED) is 0.547. The van der Waals surface area contributed by atoms with E-state index in [1.807, 2.05) is 0 Å². The van der Waals surface area contributed by atoms with Crippen LogP contribution in [-0.4, -0.2) is 4.40 Å². The van der Waals surface area contributed by atoms with E-state index in [0.717, 1.165) is 6.54 Å². The van der Waals surface area contributed by atoms with Crippen LogP contribution in [0.3, 0.4) is 0 Å². The molecule has 1 aromatic carbocycles. The fourth-order valence-corrected chi connectivity index (χ4v) is 2.35. The van der Waals surface area contributed by atoms with Crippen molar-refractivity contribution in [1.29, 1.82) is 0 Å². The molecule has 0 atom stereocenters. The lowest BCUT2D eigenvalue weighted by molar-refractivity contribution is -0.642. The molecular weight excluding hydrogens is 196 g/mol. The van der Waals surface area contributed by atoms with Gasteiger partial charge in [-0.25, -0.2) is 4.57 Å². The van der Waals surface area contributed by atoms with E-state index in [9.17, 15) is 0 Å². The van der Waals surface area contributed by atoms with Crippen molar-refractivity contribution in [2.45, 2.75) is 20.4 Å². The third-order valence-corrected chi connectivity index (χ3v) is 3.11. The van der Waals surface area contributed by atoms with Crippen LogP contribution in [0.4, 0.5) is 0 Å². The highest BCUT2D eigenvalue weighted by molar-refractivity contribution is 5.75. The van der Waals surface area contributed by atoms with Gasteiger partial charge in [0.25, 0.3) is 5.65 Å². The molecule has 16 heavy (non-hydrogen) atoms. The molecule has 0 saturated heterocycles. The summed E-state index contributed by atoms with van der Waals surface area (Å²) in [5.41, 5.74) is 5.15. The zero-order valence-electron chi connectivity index (χ0n) is 9.64. The van der Waals surface area contributed by atoms with Crippen molar-refractivity contribution >= 4 is 16.7 Å². The highest BCUT2D eigenvalue weighted by atomic mass is 15.1. The van der Waals surface area contributed by atoms with E-state index in [0.29, 0.717) is 0 Å². The van der Waals surface area contributed by atoms with E-state index in [-0.39, 0.29) is 0 Å². The molecule has 2 heterocycles. The third-order valence-electron chi connectivity index (χ3n) is 3.11. The Hall–Kier alpha value is -1.83. The Morgan fingerprint density at radius 1 is 1.19 bits per heavy atom. The predicted octanol–water partition coefficient (Wildman–Crippen LogP) is 2.71. The molecule has 2 aromatic heterocycles. The highest BCUT2D eigenvalue weighted by Gasteiger charge is 2.16. The van der Waals surface area contributed by atoms with Crippen LogP contribution in [-0.2, 0) is 6.54 Å². The second-order valence-electron chi connectivity index (χ2n) is 4.17. The molecule has 2 nitrogen and oxygen atoms in total. The van der Waals surface area contributed by atoms with Gasteiger partial charge >= 0.3 is 0 Å². The fraction of sp³-hybridized carbons (Fsp3) is 0.214. The van der Waals surface area contributed by atoms with Gasteiger partial charge in [0.1, 0.15) is 0 Å². The van der Waals surface area contributed by atoms with Gasteiger partial charge in [-0.15, -0.1) is 0 Å². The Labute approximate surface area is 94.8 Å². The van der Waals surface area contributed by atoms with Crippen LogP contribution in [0.15, 0.2) is 42.6 Å². The van der Waals surface area contributed by atoms with Crippen LogP contribution in [0, 0.1) is 6.92 Å². The van der Waals surface area contributed by atoms with Gasteiger partial charge in [0, 0.05) is 6.07 Å².